The fourth-order valence-corrected chi connectivity index (χ4v) is 8.27. The first-order valence-electron chi connectivity index (χ1n) is 20.2. The Balaban J connectivity index is 0.000000150. The second kappa shape index (κ2) is 19.5. The molecule has 10 rings (SSSR count). The molecule has 0 saturated heterocycles. The number of pyridine rings is 2. The predicted octanol–water partition coefficient (Wildman–Crippen LogP) is 8.37. The van der Waals surface area contributed by atoms with Crippen molar-refractivity contribution in [1.29, 1.82) is 0 Å². The van der Waals surface area contributed by atoms with Gasteiger partial charge in [-0.05, 0) is 95.2 Å². The van der Waals surface area contributed by atoms with Gasteiger partial charge in [-0.15, -0.1) is 0 Å². The van der Waals surface area contributed by atoms with Gasteiger partial charge in [-0.1, -0.05) is 57.8 Å². The second-order valence-corrected chi connectivity index (χ2v) is 16.8. The highest BCUT2D eigenvalue weighted by atomic mass is 79.9. The lowest BCUT2D eigenvalue weighted by molar-refractivity contribution is -0.117. The monoisotopic (exact) mass is 990 g/mol. The average molecular weight is 993 g/mol. The molecule has 320 valence electrons. The molecule has 2 unspecified atom stereocenters. The third-order valence-corrected chi connectivity index (χ3v) is 11.3. The maximum atomic E-state index is 13.0. The van der Waals surface area contributed by atoms with Gasteiger partial charge in [0.2, 0.25) is 23.0 Å². The van der Waals surface area contributed by atoms with E-state index in [9.17, 15) is 9.59 Å². The fourth-order valence-electron chi connectivity index (χ4n) is 7.34. The topological polar surface area (TPSA) is 209 Å². The lowest BCUT2D eigenvalue weighted by Crippen LogP contribution is -2.16. The van der Waals surface area contributed by atoms with Crippen LogP contribution in [-0.4, -0.2) is 61.3 Å². The highest BCUT2D eigenvalue weighted by molar-refractivity contribution is 9.10. The zero-order valence-corrected chi connectivity index (χ0v) is 38.1. The first-order valence-corrected chi connectivity index (χ1v) is 22.2. The molecule has 2 aromatic carbocycles. The molecule has 2 atom stereocenters. The van der Waals surface area contributed by atoms with Crippen molar-refractivity contribution < 1.29 is 9.59 Å². The van der Waals surface area contributed by atoms with Gasteiger partial charge in [-0.25, -0.2) is 9.97 Å². The maximum Gasteiger partial charge on any atom is 0.238 e. The van der Waals surface area contributed by atoms with E-state index >= 15 is 0 Å². The van der Waals surface area contributed by atoms with Gasteiger partial charge in [-0.2, -0.15) is 20.2 Å². The van der Waals surface area contributed by atoms with E-state index in [1.165, 1.54) is 0 Å². The number of nitrogens with one attached hydrogen (secondary N) is 3. The minimum absolute atomic E-state index is 0.0931. The summed E-state index contributed by atoms with van der Waals surface area (Å²) in [6.07, 6.45) is 12.7. The summed E-state index contributed by atoms with van der Waals surface area (Å²) in [4.78, 5) is 51.5. The molecule has 0 fully saturated rings. The smallest absolute Gasteiger partial charge is 0.238 e. The Kier molecular flexibility index (Phi) is 13.4. The van der Waals surface area contributed by atoms with Gasteiger partial charge in [0.25, 0.3) is 0 Å². The third-order valence-electron chi connectivity index (χ3n) is 10.2. The highest BCUT2D eigenvalue weighted by Gasteiger charge is 2.37. The zero-order chi connectivity index (χ0) is 44.0. The minimum Gasteiger partial charge on any atom is -0.350 e. The van der Waals surface area contributed by atoms with Crippen molar-refractivity contribution in [2.75, 3.05) is 16.0 Å². The van der Waals surface area contributed by atoms with Crippen LogP contribution in [0.5, 0.6) is 0 Å². The van der Waals surface area contributed by atoms with E-state index in [0.717, 1.165) is 79.3 Å². The molecular formula is C44H41Br2ClN14O2. The van der Waals surface area contributed by atoms with Gasteiger partial charge in [0.05, 0.1) is 22.2 Å². The van der Waals surface area contributed by atoms with E-state index in [2.05, 4.69) is 96.8 Å². The minimum atomic E-state index is -0.531. The number of rotatable bonds is 10. The summed E-state index contributed by atoms with van der Waals surface area (Å²) < 4.78 is 5.49. The van der Waals surface area contributed by atoms with Crippen LogP contribution in [0.2, 0.25) is 5.28 Å². The van der Waals surface area contributed by atoms with Gasteiger partial charge in [0, 0.05) is 83.7 Å². The van der Waals surface area contributed by atoms with E-state index in [1.807, 2.05) is 82.4 Å². The van der Waals surface area contributed by atoms with Crippen LogP contribution in [0.15, 0.2) is 107 Å². The summed E-state index contributed by atoms with van der Waals surface area (Å²) in [7, 11) is 0. The molecular weight excluding hydrogens is 952 g/mol. The summed E-state index contributed by atoms with van der Waals surface area (Å²) in [5, 5.41) is 19.8. The molecule has 19 heteroatoms. The van der Waals surface area contributed by atoms with Crippen molar-refractivity contribution in [3.05, 3.63) is 146 Å². The van der Waals surface area contributed by atoms with Crippen LogP contribution in [0.1, 0.15) is 72.2 Å². The molecule has 0 radical (unpaired) electrons. The molecule has 0 bridgehead atoms. The van der Waals surface area contributed by atoms with Crippen molar-refractivity contribution in [1.82, 2.24) is 49.5 Å². The number of fused-ring (bicyclic) bond motifs is 4. The number of amides is 2. The van der Waals surface area contributed by atoms with Crippen molar-refractivity contribution in [3.8, 4) is 0 Å². The van der Waals surface area contributed by atoms with E-state index in [4.69, 9.17) is 22.3 Å². The van der Waals surface area contributed by atoms with Crippen molar-refractivity contribution in [2.24, 2.45) is 5.73 Å². The van der Waals surface area contributed by atoms with Crippen molar-refractivity contribution in [3.63, 3.8) is 0 Å². The SMILES string of the molecule is CCCn1cc2c(C3C(=O)Nc4ccc(Br)cc43)nc(Cl)nc2n1.CCCn1cc2c(C3C(=O)Nc4ccc(Br)cc43)nc(NCc3cccnc3)nc2n1.NCc1cccnc1. The molecule has 2 aliphatic rings. The Labute approximate surface area is 383 Å². The zero-order valence-electron chi connectivity index (χ0n) is 34.1. The number of nitrogens with zero attached hydrogens (tertiary/aromatic N) is 10. The van der Waals surface area contributed by atoms with Crippen LogP contribution in [0.3, 0.4) is 0 Å². The van der Waals surface area contributed by atoms with E-state index in [-0.39, 0.29) is 17.1 Å². The van der Waals surface area contributed by atoms with Crippen LogP contribution >= 0.6 is 43.5 Å². The van der Waals surface area contributed by atoms with Gasteiger partial charge >= 0.3 is 0 Å². The number of halogens is 3. The van der Waals surface area contributed by atoms with Gasteiger partial charge in [0.15, 0.2) is 11.3 Å². The van der Waals surface area contributed by atoms with Crippen LogP contribution < -0.4 is 21.7 Å². The number of aryl methyl sites for hydroxylation is 2. The maximum absolute atomic E-state index is 13.0. The third kappa shape index (κ3) is 9.73. The second-order valence-electron chi connectivity index (χ2n) is 14.7. The number of hydrogen-bond acceptors (Lipinski definition) is 12. The summed E-state index contributed by atoms with van der Waals surface area (Å²) in [5.41, 5.74) is 13.1. The molecule has 2 aliphatic heterocycles. The van der Waals surface area contributed by atoms with Crippen molar-refractivity contribution in [2.45, 2.75) is 64.7 Å². The standard InChI is InChI=1S/C22H20BrN7O.C16H13BrClN5O.C6H8N2/c1-2-8-30-12-16-19(18-15-9-14(23)5-6-17(15)26-21(18)31)27-22(28-20(16)29-30)25-11-13-4-3-7-24-10-13;1-2-5-23-7-10-13(20-16(18)21-14(10)22-23)12-9-6-8(17)3-4-11(9)19-15(12)24;7-4-6-2-1-3-8-5-6/h3-7,9-10,12,18H,2,8,11H2,1H3,(H,26,31)(H,25,28,29);3-4,6-7,12H,2,5H2,1H3,(H,19,24);1-3,5H,4,7H2. The molecule has 6 aromatic heterocycles. The molecule has 2 amide bonds. The van der Waals surface area contributed by atoms with Crippen LogP contribution in [-0.2, 0) is 35.8 Å². The van der Waals surface area contributed by atoms with Crippen LogP contribution in [0, 0.1) is 0 Å². The van der Waals surface area contributed by atoms with Gasteiger partial charge in [-0.3, -0.25) is 28.9 Å². The number of carbonyl (C=O) groups is 2. The summed E-state index contributed by atoms with van der Waals surface area (Å²) in [6, 6.07) is 19.2. The Morgan fingerprint density at radius 2 is 1.24 bits per heavy atom. The number of carbonyl (C=O) groups excluding carboxylic acids is 2. The molecule has 5 N–H and O–H groups in total. The molecule has 0 aliphatic carbocycles. The number of nitrogens with two attached hydrogens (primary N) is 1. The highest BCUT2D eigenvalue weighted by Crippen LogP contribution is 2.42. The number of aromatic nitrogens is 10. The predicted molar refractivity (Wildman–Crippen MR) is 249 cm³/mol. The molecule has 63 heavy (non-hydrogen) atoms. The Morgan fingerprint density at radius 1 is 0.714 bits per heavy atom. The summed E-state index contributed by atoms with van der Waals surface area (Å²) >= 11 is 13.1. The Morgan fingerprint density at radius 3 is 1.73 bits per heavy atom. The fraction of sp³-hybridized carbons (Fsp3) is 0.227. The first-order chi connectivity index (χ1) is 30.6. The van der Waals surface area contributed by atoms with E-state index in [0.29, 0.717) is 41.7 Å². The summed E-state index contributed by atoms with van der Waals surface area (Å²) in [6.45, 7) is 6.81. The van der Waals surface area contributed by atoms with E-state index < -0.39 is 11.8 Å². The molecule has 0 spiro atoms. The summed E-state index contributed by atoms with van der Waals surface area (Å²) in [5.74, 6) is -0.850. The largest absolute Gasteiger partial charge is 0.350 e. The van der Waals surface area contributed by atoms with Crippen molar-refractivity contribution >= 4 is 94.7 Å². The molecule has 0 saturated carbocycles. The number of anilines is 3. The van der Waals surface area contributed by atoms with E-state index in [1.54, 1.807) is 24.8 Å². The molecule has 8 heterocycles. The first kappa shape index (κ1) is 43.4. The van der Waals surface area contributed by atoms with Gasteiger partial charge < -0.3 is 21.7 Å². The lowest BCUT2D eigenvalue weighted by Gasteiger charge is -2.12. The van der Waals surface area contributed by atoms with Gasteiger partial charge in [0.1, 0.15) is 11.8 Å². The molecule has 16 nitrogen and oxygen atoms in total. The van der Waals surface area contributed by atoms with Crippen LogP contribution in [0.25, 0.3) is 22.1 Å². The van der Waals surface area contributed by atoms with Crippen LogP contribution in [0.4, 0.5) is 17.3 Å². The molecule has 8 aromatic rings. The Hall–Kier alpha value is -6.21. The lowest BCUT2D eigenvalue weighted by atomic mass is 9.95. The number of hydrogen-bond donors (Lipinski definition) is 4. The normalized spacial score (nSPS) is 14.9. The quantitative estimate of drug-likeness (QED) is 0.0953. The number of benzene rings is 2. The average Bonchev–Trinajstić information content (AvgIpc) is 4.05. The Bertz CT molecular complexity index is 2930.